The highest BCUT2D eigenvalue weighted by Crippen LogP contribution is 2.36. The average molecular weight is 502 g/mol. The number of rotatable bonds is 1. The summed E-state index contributed by atoms with van der Waals surface area (Å²) >= 11 is 0. The second-order valence-electron chi connectivity index (χ2n) is 10.4. The van der Waals surface area contributed by atoms with Gasteiger partial charge in [-0.3, -0.25) is 9.58 Å². The molecule has 9 heteroatoms. The fourth-order valence-electron chi connectivity index (χ4n) is 5.52. The predicted octanol–water partition coefficient (Wildman–Crippen LogP) is 4.56. The van der Waals surface area contributed by atoms with Gasteiger partial charge in [-0.25, -0.2) is 9.36 Å². The van der Waals surface area contributed by atoms with Crippen molar-refractivity contribution in [2.45, 2.75) is 52.0 Å². The smallest absolute Gasteiger partial charge is 0.219 e. The fourth-order valence-corrected chi connectivity index (χ4v) is 5.52. The van der Waals surface area contributed by atoms with E-state index in [2.05, 4.69) is 65.9 Å². The van der Waals surface area contributed by atoms with E-state index < -0.39 is 0 Å². The Morgan fingerprint density at radius 2 is 1.84 bits per heavy atom. The van der Waals surface area contributed by atoms with Crippen LogP contribution in [0.25, 0.3) is 34.2 Å². The number of ether oxygens (including phenoxy) is 2. The monoisotopic (exact) mass is 501 g/mol. The predicted molar refractivity (Wildman–Crippen MR) is 144 cm³/mol. The average Bonchev–Trinajstić information content (AvgIpc) is 3.52. The molecule has 1 unspecified atom stereocenters. The molecule has 0 amide bonds. The molecule has 1 fully saturated rings. The van der Waals surface area contributed by atoms with Crippen molar-refractivity contribution < 1.29 is 9.47 Å². The summed E-state index contributed by atoms with van der Waals surface area (Å²) in [5.41, 5.74) is 7.34. The first-order chi connectivity index (χ1) is 17.9. The van der Waals surface area contributed by atoms with Gasteiger partial charge in [-0.05, 0) is 70.0 Å². The molecule has 9 nitrogen and oxygen atoms in total. The third kappa shape index (κ3) is 4.36. The molecule has 0 saturated carbocycles. The second-order valence-corrected chi connectivity index (χ2v) is 10.4. The zero-order valence-electron chi connectivity index (χ0n) is 22.3. The van der Waals surface area contributed by atoms with Crippen LogP contribution in [-0.4, -0.2) is 60.5 Å². The lowest BCUT2D eigenvalue weighted by Crippen LogP contribution is -2.31. The van der Waals surface area contributed by atoms with E-state index in [1.54, 1.807) is 0 Å². The minimum atomic E-state index is -0.0470. The summed E-state index contributed by atoms with van der Waals surface area (Å²) in [5, 5.41) is 15.5. The van der Waals surface area contributed by atoms with Gasteiger partial charge in [0, 0.05) is 50.4 Å². The van der Waals surface area contributed by atoms with Crippen molar-refractivity contribution in [3.05, 3.63) is 47.0 Å². The van der Waals surface area contributed by atoms with Crippen LogP contribution in [0.3, 0.4) is 0 Å². The summed E-state index contributed by atoms with van der Waals surface area (Å²) in [6.45, 7) is 6.56. The molecule has 2 aliphatic rings. The molecule has 5 heterocycles. The first-order valence-electron chi connectivity index (χ1n) is 13.1. The molecule has 1 saturated heterocycles. The van der Waals surface area contributed by atoms with Crippen LogP contribution in [0.4, 0.5) is 0 Å². The van der Waals surface area contributed by atoms with Gasteiger partial charge in [0.25, 0.3) is 0 Å². The van der Waals surface area contributed by atoms with Crippen LogP contribution in [0.1, 0.15) is 55.1 Å². The van der Waals surface area contributed by atoms with Crippen LogP contribution in [0.5, 0.6) is 5.88 Å². The highest BCUT2D eigenvalue weighted by atomic mass is 16.5. The minimum Gasteiger partial charge on any atom is -0.473 e. The molecule has 194 valence electrons. The van der Waals surface area contributed by atoms with Gasteiger partial charge < -0.3 is 9.47 Å². The van der Waals surface area contributed by atoms with Crippen LogP contribution >= 0.6 is 0 Å². The molecule has 2 aliphatic heterocycles. The van der Waals surface area contributed by atoms with Gasteiger partial charge in [-0.2, -0.15) is 15.3 Å². The molecule has 4 aromatic rings. The van der Waals surface area contributed by atoms with Gasteiger partial charge in [0.15, 0.2) is 6.23 Å². The maximum atomic E-state index is 6.48. The van der Waals surface area contributed by atoms with Gasteiger partial charge in [-0.15, -0.1) is 0 Å². The highest BCUT2D eigenvalue weighted by Gasteiger charge is 2.23. The third-order valence-corrected chi connectivity index (χ3v) is 7.56. The first-order valence-corrected chi connectivity index (χ1v) is 13.1. The highest BCUT2D eigenvalue weighted by molar-refractivity contribution is 5.93. The molecule has 0 aliphatic carbocycles. The van der Waals surface area contributed by atoms with Crippen molar-refractivity contribution in [3.8, 4) is 17.0 Å². The number of aromatic nitrogens is 6. The maximum Gasteiger partial charge on any atom is 0.219 e. The molecule has 2 atom stereocenters. The molecule has 37 heavy (non-hydrogen) atoms. The second kappa shape index (κ2) is 9.46. The quantitative estimate of drug-likeness (QED) is 0.381. The Morgan fingerprint density at radius 3 is 2.65 bits per heavy atom. The summed E-state index contributed by atoms with van der Waals surface area (Å²) in [4.78, 5) is 2.29. The van der Waals surface area contributed by atoms with Crippen molar-refractivity contribution in [2.75, 3.05) is 20.2 Å². The maximum absolute atomic E-state index is 6.48. The van der Waals surface area contributed by atoms with E-state index in [9.17, 15) is 0 Å². The van der Waals surface area contributed by atoms with Crippen LogP contribution in [-0.2, 0) is 25.4 Å². The zero-order chi connectivity index (χ0) is 25.7. The van der Waals surface area contributed by atoms with E-state index in [1.807, 2.05) is 29.7 Å². The van der Waals surface area contributed by atoms with E-state index in [0.29, 0.717) is 0 Å². The Balaban J connectivity index is 1.55. The molecular weight excluding hydrogens is 466 g/mol. The number of likely N-dealkylation sites (N-methyl/N-ethyl adjacent to an activating group) is 1. The summed E-state index contributed by atoms with van der Waals surface area (Å²) in [6.07, 6.45) is 9.23. The molecule has 6 rings (SSSR count). The van der Waals surface area contributed by atoms with E-state index >= 15 is 0 Å². The van der Waals surface area contributed by atoms with Crippen molar-refractivity contribution in [1.82, 2.24) is 34.2 Å². The number of hydrogen-bond donors (Lipinski definition) is 0. The lowest BCUT2D eigenvalue weighted by Gasteiger charge is -2.23. The molecule has 0 radical (unpaired) electrons. The van der Waals surface area contributed by atoms with Gasteiger partial charge in [-0.1, -0.05) is 6.07 Å². The van der Waals surface area contributed by atoms with Crippen molar-refractivity contribution >= 4 is 23.1 Å². The van der Waals surface area contributed by atoms with E-state index in [4.69, 9.17) is 19.7 Å². The molecular formula is C28H35N7O2. The normalized spacial score (nSPS) is 21.8. The lowest BCUT2D eigenvalue weighted by molar-refractivity contribution is -0.0367. The van der Waals surface area contributed by atoms with E-state index in [-0.39, 0.29) is 12.3 Å². The van der Waals surface area contributed by atoms with Crippen LogP contribution in [0.2, 0.25) is 0 Å². The van der Waals surface area contributed by atoms with Gasteiger partial charge in [0.2, 0.25) is 5.88 Å². The van der Waals surface area contributed by atoms with E-state index in [1.165, 1.54) is 5.56 Å². The summed E-state index contributed by atoms with van der Waals surface area (Å²) in [6, 6.07) is 6.48. The van der Waals surface area contributed by atoms with Gasteiger partial charge in [0.1, 0.15) is 6.10 Å². The van der Waals surface area contributed by atoms with Crippen LogP contribution in [0, 0.1) is 6.92 Å². The standard InChI is InChI=1S/C28H35N7O2/c1-18-16-32(3)17-23-19(2)33(4)30-25(23)11-10-24-21-14-20(22-15-29-34(5)28(22)37-18)9-12-26(21)35(31-24)27-8-6-7-13-36-27/h9-12,14-15,18,27H,6-8,13,16-17H2,1-5H3/b11-10-/t18-,27?/m0/s1. The lowest BCUT2D eigenvalue weighted by atomic mass is 10.0. The topological polar surface area (TPSA) is 75.2 Å². The minimum absolute atomic E-state index is 0.0225. The number of nitrogens with zero attached hydrogens (tertiary/aromatic N) is 7. The molecule has 2 bridgehead atoms. The molecule has 1 aromatic carbocycles. The van der Waals surface area contributed by atoms with Crippen molar-refractivity contribution in [3.63, 3.8) is 0 Å². The number of benzene rings is 1. The van der Waals surface area contributed by atoms with Gasteiger partial charge >= 0.3 is 0 Å². The first kappa shape index (κ1) is 23.9. The van der Waals surface area contributed by atoms with E-state index in [0.717, 1.165) is 84.0 Å². The number of aryl methyl sites for hydroxylation is 2. The largest absolute Gasteiger partial charge is 0.473 e. The van der Waals surface area contributed by atoms with Crippen LogP contribution in [0.15, 0.2) is 24.4 Å². The summed E-state index contributed by atoms with van der Waals surface area (Å²) in [5.74, 6) is 0.772. The number of hydrogen-bond acceptors (Lipinski definition) is 6. The molecule has 0 spiro atoms. The van der Waals surface area contributed by atoms with Crippen LogP contribution < -0.4 is 4.74 Å². The number of fused-ring (bicyclic) bond motifs is 4. The molecule has 3 aromatic heterocycles. The third-order valence-electron chi connectivity index (χ3n) is 7.56. The summed E-state index contributed by atoms with van der Waals surface area (Å²) in [7, 11) is 6.06. The Morgan fingerprint density at radius 1 is 1.00 bits per heavy atom. The zero-order valence-corrected chi connectivity index (χ0v) is 22.3. The Labute approximate surface area is 217 Å². The Kier molecular flexibility index (Phi) is 6.12. The summed E-state index contributed by atoms with van der Waals surface area (Å²) < 4.78 is 18.4. The van der Waals surface area contributed by atoms with Gasteiger partial charge in [0.05, 0.1) is 28.7 Å². The fraction of sp³-hybridized carbons (Fsp3) is 0.464. The van der Waals surface area contributed by atoms with Crippen molar-refractivity contribution in [1.29, 1.82) is 0 Å². The Hall–Kier alpha value is -3.43. The Bertz CT molecular complexity index is 1470. The SMILES string of the molecule is Cc1c2c(nn1C)/C=C\c1nn(C3CCCCO3)c3ccc(cc13)-c1cnn(C)c1O[C@@H](C)CN(C)C2. The molecule has 0 N–H and O–H groups in total. The van der Waals surface area contributed by atoms with Crippen molar-refractivity contribution in [2.24, 2.45) is 14.1 Å².